The van der Waals surface area contributed by atoms with Gasteiger partial charge in [0.2, 0.25) is 11.8 Å². The summed E-state index contributed by atoms with van der Waals surface area (Å²) in [6.07, 6.45) is 2.02. The van der Waals surface area contributed by atoms with Gasteiger partial charge in [0, 0.05) is 11.6 Å². The fourth-order valence-electron chi connectivity index (χ4n) is 4.28. The molecule has 0 spiro atoms. The van der Waals surface area contributed by atoms with Crippen LogP contribution in [0.15, 0.2) is 18.2 Å². The summed E-state index contributed by atoms with van der Waals surface area (Å²) >= 11 is 0. The van der Waals surface area contributed by atoms with E-state index >= 15 is 0 Å². The molecular weight excluding hydrogens is 442 g/mol. The number of amides is 3. The Bertz CT molecular complexity index is 923. The summed E-state index contributed by atoms with van der Waals surface area (Å²) in [6.45, 7) is 18.9. The Morgan fingerprint density at radius 3 is 2.06 bits per heavy atom. The first-order valence-electron chi connectivity index (χ1n) is 12.7. The van der Waals surface area contributed by atoms with Gasteiger partial charge in [0.15, 0.2) is 0 Å². The van der Waals surface area contributed by atoms with Crippen LogP contribution in [0, 0.1) is 19.8 Å². The second kappa shape index (κ2) is 11.0. The maximum Gasteiger partial charge on any atom is 0.408 e. The summed E-state index contributed by atoms with van der Waals surface area (Å²) in [5, 5.41) is 5.88. The number of alkyl carbamates (subject to hydrolysis) is 1. The van der Waals surface area contributed by atoms with Crippen LogP contribution in [0.1, 0.15) is 97.4 Å². The maximum absolute atomic E-state index is 14.2. The lowest BCUT2D eigenvalue weighted by Crippen LogP contribution is -2.59. The number of hydrogen-bond donors (Lipinski definition) is 2. The lowest BCUT2D eigenvalue weighted by Gasteiger charge is -2.45. The third kappa shape index (κ3) is 7.97. The average molecular weight is 488 g/mol. The van der Waals surface area contributed by atoms with Gasteiger partial charge in [-0.3, -0.25) is 9.59 Å². The molecule has 7 nitrogen and oxygen atoms in total. The summed E-state index contributed by atoms with van der Waals surface area (Å²) in [6, 6.07) is 4.27. The highest BCUT2D eigenvalue weighted by atomic mass is 16.6. The Morgan fingerprint density at radius 2 is 1.63 bits per heavy atom. The van der Waals surface area contributed by atoms with Crippen molar-refractivity contribution in [2.75, 3.05) is 0 Å². The van der Waals surface area contributed by atoms with E-state index in [0.717, 1.165) is 36.0 Å². The first-order chi connectivity index (χ1) is 16.0. The lowest BCUT2D eigenvalue weighted by molar-refractivity contribution is -0.148. The van der Waals surface area contributed by atoms with Crippen molar-refractivity contribution >= 4 is 17.9 Å². The van der Waals surface area contributed by atoms with Gasteiger partial charge in [-0.2, -0.15) is 0 Å². The van der Waals surface area contributed by atoms with Crippen LogP contribution >= 0.6 is 0 Å². The quantitative estimate of drug-likeness (QED) is 0.554. The third-order valence-electron chi connectivity index (χ3n) is 6.07. The molecule has 1 aromatic rings. The highest BCUT2D eigenvalue weighted by molar-refractivity contribution is 5.93. The smallest absolute Gasteiger partial charge is 0.408 e. The van der Waals surface area contributed by atoms with E-state index in [1.165, 1.54) is 0 Å². The highest BCUT2D eigenvalue weighted by Crippen LogP contribution is 2.36. The molecule has 1 fully saturated rings. The molecule has 0 aliphatic heterocycles. The highest BCUT2D eigenvalue weighted by Gasteiger charge is 2.43. The van der Waals surface area contributed by atoms with Crippen LogP contribution in [0.3, 0.4) is 0 Å². The number of nitrogens with one attached hydrogen (secondary N) is 2. The minimum atomic E-state index is -0.818. The van der Waals surface area contributed by atoms with Gasteiger partial charge in [-0.15, -0.1) is 0 Å². The minimum absolute atomic E-state index is 0.0689. The van der Waals surface area contributed by atoms with Gasteiger partial charge in [-0.25, -0.2) is 4.79 Å². The zero-order valence-corrected chi connectivity index (χ0v) is 23.2. The van der Waals surface area contributed by atoms with Crippen molar-refractivity contribution in [3.05, 3.63) is 34.9 Å². The number of carbonyl (C=O) groups is 3. The zero-order valence-electron chi connectivity index (χ0n) is 23.2. The van der Waals surface area contributed by atoms with Gasteiger partial charge in [0.05, 0.1) is 0 Å². The van der Waals surface area contributed by atoms with Gasteiger partial charge in [-0.05, 0) is 91.7 Å². The topological polar surface area (TPSA) is 87.7 Å². The van der Waals surface area contributed by atoms with Crippen LogP contribution in [0.2, 0.25) is 0 Å². The summed E-state index contributed by atoms with van der Waals surface area (Å²) in [5.41, 5.74) is 1.70. The SMILES string of the molecule is Cc1ccc(C(C(=O)NC(C)(C)C)N(C(=O)C(NC(=O)OC(C)(C)C)C(C)C)C2CCC2)c(C)c1. The molecule has 1 aromatic carbocycles. The van der Waals surface area contributed by atoms with Crippen molar-refractivity contribution in [3.8, 4) is 0 Å². The molecule has 3 amide bonds. The molecule has 196 valence electrons. The number of rotatable bonds is 7. The van der Waals surface area contributed by atoms with E-state index < -0.39 is 29.3 Å². The predicted molar refractivity (Wildman–Crippen MR) is 139 cm³/mol. The van der Waals surface area contributed by atoms with E-state index in [1.807, 2.05) is 66.7 Å². The van der Waals surface area contributed by atoms with E-state index in [9.17, 15) is 14.4 Å². The summed E-state index contributed by atoms with van der Waals surface area (Å²) in [5.74, 6) is -0.669. The van der Waals surface area contributed by atoms with Crippen LogP contribution in [0.25, 0.3) is 0 Å². The largest absolute Gasteiger partial charge is 0.444 e. The molecule has 0 saturated heterocycles. The standard InChI is InChI=1S/C28H45N3O4/c1-17(2)22(29-26(34)35-28(8,9)10)25(33)31(20-12-11-13-20)23(24(32)30-27(5,6)7)21-15-14-18(3)16-19(21)4/h14-17,20,22-23H,11-13H2,1-10H3,(H,29,34)(H,30,32). The lowest BCUT2D eigenvalue weighted by atomic mass is 9.86. The maximum atomic E-state index is 14.2. The van der Waals surface area contributed by atoms with Gasteiger partial charge >= 0.3 is 6.09 Å². The van der Waals surface area contributed by atoms with Crippen molar-refractivity contribution in [1.82, 2.24) is 15.5 Å². The van der Waals surface area contributed by atoms with Gasteiger partial charge in [0.25, 0.3) is 0 Å². The Balaban J connectivity index is 2.54. The molecule has 1 saturated carbocycles. The van der Waals surface area contributed by atoms with Crippen molar-refractivity contribution in [3.63, 3.8) is 0 Å². The predicted octanol–water partition coefficient (Wildman–Crippen LogP) is 5.19. The van der Waals surface area contributed by atoms with Crippen LogP contribution < -0.4 is 10.6 Å². The van der Waals surface area contributed by atoms with E-state index in [2.05, 4.69) is 10.6 Å². The summed E-state index contributed by atoms with van der Waals surface area (Å²) in [4.78, 5) is 42.3. The molecule has 35 heavy (non-hydrogen) atoms. The second-order valence-electron chi connectivity index (χ2n) is 12.2. The monoisotopic (exact) mass is 487 g/mol. The van der Waals surface area contributed by atoms with Gasteiger partial charge in [0.1, 0.15) is 17.7 Å². The minimum Gasteiger partial charge on any atom is -0.444 e. The number of carbonyl (C=O) groups excluding carboxylic acids is 3. The van der Waals surface area contributed by atoms with E-state index in [1.54, 1.807) is 25.7 Å². The van der Waals surface area contributed by atoms with Crippen LogP contribution in [-0.4, -0.2) is 46.0 Å². The van der Waals surface area contributed by atoms with Gasteiger partial charge in [-0.1, -0.05) is 37.6 Å². The first-order valence-corrected chi connectivity index (χ1v) is 12.7. The molecule has 1 aliphatic carbocycles. The molecule has 0 aromatic heterocycles. The Hall–Kier alpha value is -2.57. The van der Waals surface area contributed by atoms with E-state index in [-0.39, 0.29) is 23.8 Å². The number of benzene rings is 1. The number of hydrogen-bond acceptors (Lipinski definition) is 4. The molecular formula is C28H45N3O4. The average Bonchev–Trinajstić information content (AvgIpc) is 2.62. The first kappa shape index (κ1) is 28.7. The molecule has 2 rings (SSSR count). The van der Waals surface area contributed by atoms with Crippen molar-refractivity contribution in [1.29, 1.82) is 0 Å². The summed E-state index contributed by atoms with van der Waals surface area (Å²) in [7, 11) is 0. The molecule has 2 unspecified atom stereocenters. The third-order valence-corrected chi connectivity index (χ3v) is 6.07. The molecule has 1 aliphatic rings. The Kier molecular flexibility index (Phi) is 9.01. The summed E-state index contributed by atoms with van der Waals surface area (Å²) < 4.78 is 5.44. The van der Waals surface area contributed by atoms with E-state index in [4.69, 9.17) is 4.74 Å². The fraction of sp³-hybridized carbons (Fsp3) is 0.679. The molecule has 0 heterocycles. The number of ether oxygens (including phenoxy) is 1. The van der Waals surface area contributed by atoms with Crippen LogP contribution in [0.4, 0.5) is 4.79 Å². The molecule has 0 radical (unpaired) electrons. The van der Waals surface area contributed by atoms with Crippen molar-refractivity contribution in [2.24, 2.45) is 5.92 Å². The van der Waals surface area contributed by atoms with Gasteiger partial charge < -0.3 is 20.3 Å². The van der Waals surface area contributed by atoms with E-state index in [0.29, 0.717) is 0 Å². The number of nitrogens with zero attached hydrogens (tertiary/aromatic N) is 1. The van der Waals surface area contributed by atoms with Crippen molar-refractivity contribution in [2.45, 2.75) is 118 Å². The Morgan fingerprint density at radius 1 is 1.03 bits per heavy atom. The molecule has 7 heteroatoms. The second-order valence-corrected chi connectivity index (χ2v) is 12.2. The van der Waals surface area contributed by atoms with Crippen molar-refractivity contribution < 1.29 is 19.1 Å². The fourth-order valence-corrected chi connectivity index (χ4v) is 4.28. The Labute approximate surface area is 211 Å². The molecule has 2 N–H and O–H groups in total. The zero-order chi connectivity index (χ0) is 26.7. The molecule has 2 atom stereocenters. The normalized spacial score (nSPS) is 16.2. The number of aryl methyl sites for hydroxylation is 2. The van der Waals surface area contributed by atoms with Crippen LogP contribution in [0.5, 0.6) is 0 Å². The molecule has 0 bridgehead atoms. The van der Waals surface area contributed by atoms with Crippen LogP contribution in [-0.2, 0) is 14.3 Å².